The molecule has 0 spiro atoms. The minimum atomic E-state index is 0.0589. The van der Waals surface area contributed by atoms with Crippen LogP contribution in [0.1, 0.15) is 22.4 Å². The number of thiophene rings is 1. The Labute approximate surface area is 99.0 Å². The molecular weight excluding hydrogens is 222 g/mol. The van der Waals surface area contributed by atoms with Gasteiger partial charge in [-0.05, 0) is 37.6 Å². The molecule has 0 radical (unpaired) electrons. The molecule has 0 bridgehead atoms. The number of aryl methyl sites for hydroxylation is 1. The normalized spacial score (nSPS) is 12.7. The van der Waals surface area contributed by atoms with E-state index < -0.39 is 0 Å². The van der Waals surface area contributed by atoms with E-state index in [4.69, 9.17) is 9.15 Å². The molecule has 2 heterocycles. The first-order chi connectivity index (χ1) is 7.76. The van der Waals surface area contributed by atoms with Gasteiger partial charge in [0, 0.05) is 0 Å². The predicted molar refractivity (Wildman–Crippen MR) is 65.2 cm³/mol. The number of rotatable bonds is 4. The lowest BCUT2D eigenvalue weighted by Crippen LogP contribution is -2.16. The summed E-state index contributed by atoms with van der Waals surface area (Å²) in [6.07, 6.45) is 0. The van der Waals surface area contributed by atoms with E-state index >= 15 is 0 Å². The molecule has 0 aliphatic carbocycles. The maximum Gasteiger partial charge on any atom is 0.134 e. The molecule has 0 saturated heterocycles. The van der Waals surface area contributed by atoms with E-state index in [0.29, 0.717) is 0 Å². The highest BCUT2D eigenvalue weighted by Gasteiger charge is 2.20. The monoisotopic (exact) mass is 237 g/mol. The van der Waals surface area contributed by atoms with Crippen molar-refractivity contribution < 1.29 is 9.15 Å². The van der Waals surface area contributed by atoms with Crippen LogP contribution in [-0.4, -0.2) is 14.2 Å². The second kappa shape index (κ2) is 4.72. The molecule has 2 aromatic heterocycles. The van der Waals surface area contributed by atoms with Gasteiger partial charge in [0.25, 0.3) is 0 Å². The molecule has 0 aliphatic heterocycles. The molecule has 3 nitrogen and oxygen atoms in total. The smallest absolute Gasteiger partial charge is 0.134 e. The third-order valence-corrected chi connectivity index (χ3v) is 3.44. The molecule has 0 fully saturated rings. The van der Waals surface area contributed by atoms with Crippen LogP contribution < -0.4 is 10.1 Å². The molecule has 0 aliphatic rings. The fraction of sp³-hybridized carbons (Fsp3) is 0.333. The molecular formula is C12H15NO2S. The van der Waals surface area contributed by atoms with E-state index in [1.165, 1.54) is 0 Å². The van der Waals surface area contributed by atoms with Gasteiger partial charge >= 0.3 is 0 Å². The number of furan rings is 1. The SMILES string of the molecule is CNC(c1ccc(C)o1)c1sccc1OC. The van der Waals surface area contributed by atoms with Crippen molar-refractivity contribution in [2.24, 2.45) is 0 Å². The molecule has 1 atom stereocenters. The number of hydrogen-bond donors (Lipinski definition) is 1. The standard InChI is InChI=1S/C12H15NO2S/c1-8-4-5-9(15-8)11(13-2)12-10(14-3)6-7-16-12/h4-7,11,13H,1-3H3. The fourth-order valence-electron chi connectivity index (χ4n) is 1.70. The second-order valence-electron chi connectivity index (χ2n) is 3.52. The van der Waals surface area contributed by atoms with Gasteiger partial charge in [-0.25, -0.2) is 0 Å². The zero-order valence-electron chi connectivity index (χ0n) is 9.61. The Balaban J connectivity index is 2.36. The minimum Gasteiger partial charge on any atom is -0.496 e. The summed E-state index contributed by atoms with van der Waals surface area (Å²) in [5, 5.41) is 5.27. The van der Waals surface area contributed by atoms with Gasteiger partial charge in [0.2, 0.25) is 0 Å². The molecule has 2 aromatic rings. The van der Waals surface area contributed by atoms with E-state index in [0.717, 1.165) is 22.1 Å². The Morgan fingerprint density at radius 3 is 2.75 bits per heavy atom. The summed E-state index contributed by atoms with van der Waals surface area (Å²) in [4.78, 5) is 1.14. The quantitative estimate of drug-likeness (QED) is 0.887. The summed E-state index contributed by atoms with van der Waals surface area (Å²) in [5.74, 6) is 2.74. The van der Waals surface area contributed by atoms with E-state index in [1.807, 2.05) is 37.6 Å². The first kappa shape index (κ1) is 11.2. The second-order valence-corrected chi connectivity index (χ2v) is 4.47. The molecule has 0 amide bonds. The van der Waals surface area contributed by atoms with Crippen LogP contribution in [0.25, 0.3) is 0 Å². The molecule has 0 aromatic carbocycles. The minimum absolute atomic E-state index is 0.0589. The van der Waals surface area contributed by atoms with Crippen molar-refractivity contribution in [3.8, 4) is 5.75 Å². The largest absolute Gasteiger partial charge is 0.496 e. The summed E-state index contributed by atoms with van der Waals surface area (Å²) >= 11 is 1.66. The molecule has 2 rings (SSSR count). The van der Waals surface area contributed by atoms with E-state index in [1.54, 1.807) is 18.4 Å². The Morgan fingerprint density at radius 1 is 1.38 bits per heavy atom. The van der Waals surface area contributed by atoms with Crippen molar-refractivity contribution in [1.29, 1.82) is 0 Å². The fourth-order valence-corrected chi connectivity index (χ4v) is 2.68. The molecule has 1 N–H and O–H groups in total. The maximum absolute atomic E-state index is 5.65. The third kappa shape index (κ3) is 1.99. The maximum atomic E-state index is 5.65. The van der Waals surface area contributed by atoms with Crippen molar-refractivity contribution in [3.63, 3.8) is 0 Å². The predicted octanol–water partition coefficient (Wildman–Crippen LogP) is 2.97. The average Bonchev–Trinajstić information content (AvgIpc) is 2.89. The van der Waals surface area contributed by atoms with Crippen molar-refractivity contribution in [1.82, 2.24) is 5.32 Å². The lowest BCUT2D eigenvalue weighted by atomic mass is 10.2. The van der Waals surface area contributed by atoms with Gasteiger partial charge in [-0.1, -0.05) is 0 Å². The van der Waals surface area contributed by atoms with Gasteiger partial charge in [-0.15, -0.1) is 11.3 Å². The highest BCUT2D eigenvalue weighted by Crippen LogP contribution is 2.34. The van der Waals surface area contributed by atoms with Crippen molar-refractivity contribution in [2.45, 2.75) is 13.0 Å². The van der Waals surface area contributed by atoms with Gasteiger partial charge in [0.05, 0.1) is 12.0 Å². The van der Waals surface area contributed by atoms with Gasteiger partial charge in [-0.3, -0.25) is 0 Å². The average molecular weight is 237 g/mol. The van der Waals surface area contributed by atoms with Crippen LogP contribution in [0.15, 0.2) is 28.0 Å². The third-order valence-electron chi connectivity index (χ3n) is 2.47. The number of hydrogen-bond acceptors (Lipinski definition) is 4. The summed E-state index contributed by atoms with van der Waals surface area (Å²) < 4.78 is 11.0. The molecule has 16 heavy (non-hydrogen) atoms. The Bertz CT molecular complexity index is 461. The molecule has 1 unspecified atom stereocenters. The zero-order valence-corrected chi connectivity index (χ0v) is 10.4. The van der Waals surface area contributed by atoms with Crippen LogP contribution in [0.2, 0.25) is 0 Å². The molecule has 4 heteroatoms. The number of nitrogens with one attached hydrogen (secondary N) is 1. The molecule has 0 saturated carbocycles. The summed E-state index contributed by atoms with van der Waals surface area (Å²) in [5.41, 5.74) is 0. The van der Waals surface area contributed by atoms with Gasteiger partial charge < -0.3 is 14.5 Å². The lowest BCUT2D eigenvalue weighted by molar-refractivity contribution is 0.398. The topological polar surface area (TPSA) is 34.4 Å². The number of ether oxygens (including phenoxy) is 1. The highest BCUT2D eigenvalue weighted by molar-refractivity contribution is 7.10. The summed E-state index contributed by atoms with van der Waals surface area (Å²) in [6.45, 7) is 1.95. The Hall–Kier alpha value is -1.26. The van der Waals surface area contributed by atoms with E-state index in [2.05, 4.69) is 5.32 Å². The van der Waals surface area contributed by atoms with Gasteiger partial charge in [0.15, 0.2) is 0 Å². The Kier molecular flexibility index (Phi) is 3.31. The molecule has 86 valence electrons. The highest BCUT2D eigenvalue weighted by atomic mass is 32.1. The first-order valence-corrected chi connectivity index (χ1v) is 5.99. The van der Waals surface area contributed by atoms with Gasteiger partial charge in [0.1, 0.15) is 23.3 Å². The van der Waals surface area contributed by atoms with Crippen LogP contribution in [0.5, 0.6) is 5.75 Å². The summed E-state index contributed by atoms with van der Waals surface area (Å²) in [6, 6.07) is 6.00. The van der Waals surface area contributed by atoms with Gasteiger partial charge in [-0.2, -0.15) is 0 Å². The Morgan fingerprint density at radius 2 is 2.19 bits per heavy atom. The van der Waals surface area contributed by atoms with Crippen molar-refractivity contribution in [3.05, 3.63) is 40.0 Å². The lowest BCUT2D eigenvalue weighted by Gasteiger charge is -2.13. The first-order valence-electron chi connectivity index (χ1n) is 5.11. The zero-order chi connectivity index (χ0) is 11.5. The van der Waals surface area contributed by atoms with E-state index in [-0.39, 0.29) is 6.04 Å². The van der Waals surface area contributed by atoms with Crippen LogP contribution in [0, 0.1) is 6.92 Å². The van der Waals surface area contributed by atoms with Crippen LogP contribution in [0.4, 0.5) is 0 Å². The van der Waals surface area contributed by atoms with Crippen molar-refractivity contribution >= 4 is 11.3 Å². The number of methoxy groups -OCH3 is 1. The summed E-state index contributed by atoms with van der Waals surface area (Å²) in [7, 11) is 3.60. The van der Waals surface area contributed by atoms with Crippen LogP contribution >= 0.6 is 11.3 Å². The van der Waals surface area contributed by atoms with Crippen LogP contribution in [-0.2, 0) is 0 Å². The van der Waals surface area contributed by atoms with E-state index in [9.17, 15) is 0 Å². The van der Waals surface area contributed by atoms with Crippen molar-refractivity contribution in [2.75, 3.05) is 14.2 Å². The van der Waals surface area contributed by atoms with Crippen LogP contribution in [0.3, 0.4) is 0 Å².